The molecule has 8 heteroatoms. The van der Waals surface area contributed by atoms with E-state index in [1.807, 2.05) is 18.2 Å². The smallest absolute Gasteiger partial charge is 0.224 e. The SMILES string of the molecule is CSc1ccccc1-c1cnc2nc(N)nc(N3CCOCC3)c2n1. The second-order valence-electron chi connectivity index (χ2n) is 5.63. The van der Waals surface area contributed by atoms with Crippen molar-refractivity contribution < 1.29 is 4.74 Å². The van der Waals surface area contributed by atoms with Crippen LogP contribution in [-0.2, 0) is 4.74 Å². The molecule has 0 amide bonds. The second kappa shape index (κ2) is 6.81. The maximum absolute atomic E-state index is 5.87. The third-order valence-corrected chi connectivity index (χ3v) is 4.90. The first-order valence-corrected chi connectivity index (χ1v) is 9.25. The predicted molar refractivity (Wildman–Crippen MR) is 99.8 cm³/mol. The number of aromatic nitrogens is 4. The third-order valence-electron chi connectivity index (χ3n) is 4.10. The molecule has 3 aromatic rings. The van der Waals surface area contributed by atoms with Crippen LogP contribution in [0.5, 0.6) is 0 Å². The van der Waals surface area contributed by atoms with Gasteiger partial charge in [-0.1, -0.05) is 18.2 Å². The number of nitrogen functional groups attached to an aromatic ring is 1. The number of hydrogen-bond donors (Lipinski definition) is 1. The fourth-order valence-electron chi connectivity index (χ4n) is 2.89. The van der Waals surface area contributed by atoms with Gasteiger partial charge in [0.15, 0.2) is 17.0 Å². The zero-order valence-electron chi connectivity index (χ0n) is 13.8. The Hall–Kier alpha value is -2.45. The van der Waals surface area contributed by atoms with E-state index in [2.05, 4.69) is 32.2 Å². The molecule has 7 nitrogen and oxygen atoms in total. The molecule has 1 aliphatic rings. The molecule has 0 spiro atoms. The Morgan fingerprint density at radius 3 is 2.72 bits per heavy atom. The number of morpholine rings is 1. The Labute approximate surface area is 149 Å². The van der Waals surface area contributed by atoms with Crippen LogP contribution in [0.3, 0.4) is 0 Å². The van der Waals surface area contributed by atoms with Crippen molar-refractivity contribution in [3.63, 3.8) is 0 Å². The van der Waals surface area contributed by atoms with Crippen LogP contribution in [0.1, 0.15) is 0 Å². The van der Waals surface area contributed by atoms with Gasteiger partial charge in [-0.25, -0.2) is 9.97 Å². The molecule has 128 valence electrons. The fourth-order valence-corrected chi connectivity index (χ4v) is 3.50. The van der Waals surface area contributed by atoms with Crippen molar-refractivity contribution in [2.45, 2.75) is 4.90 Å². The highest BCUT2D eigenvalue weighted by atomic mass is 32.2. The maximum atomic E-state index is 5.87. The number of hydrogen-bond acceptors (Lipinski definition) is 8. The van der Waals surface area contributed by atoms with Gasteiger partial charge in [0.05, 0.1) is 25.1 Å². The highest BCUT2D eigenvalue weighted by molar-refractivity contribution is 7.98. The van der Waals surface area contributed by atoms with Gasteiger partial charge in [-0.3, -0.25) is 0 Å². The van der Waals surface area contributed by atoms with E-state index < -0.39 is 0 Å². The minimum absolute atomic E-state index is 0.209. The second-order valence-corrected chi connectivity index (χ2v) is 6.48. The topological polar surface area (TPSA) is 90.0 Å². The van der Waals surface area contributed by atoms with E-state index in [4.69, 9.17) is 15.5 Å². The van der Waals surface area contributed by atoms with E-state index in [1.165, 1.54) is 0 Å². The van der Waals surface area contributed by atoms with Gasteiger partial charge in [-0.2, -0.15) is 9.97 Å². The maximum Gasteiger partial charge on any atom is 0.224 e. The molecule has 0 saturated carbocycles. The van der Waals surface area contributed by atoms with Crippen LogP contribution in [0.4, 0.5) is 11.8 Å². The molecular weight excluding hydrogens is 336 g/mol. The van der Waals surface area contributed by atoms with Gasteiger partial charge in [-0.15, -0.1) is 11.8 Å². The van der Waals surface area contributed by atoms with Crippen LogP contribution in [0.2, 0.25) is 0 Å². The van der Waals surface area contributed by atoms with Crippen LogP contribution < -0.4 is 10.6 Å². The van der Waals surface area contributed by atoms with E-state index in [-0.39, 0.29) is 5.95 Å². The summed E-state index contributed by atoms with van der Waals surface area (Å²) in [6.45, 7) is 2.82. The summed E-state index contributed by atoms with van der Waals surface area (Å²) in [6, 6.07) is 8.15. The van der Waals surface area contributed by atoms with Crippen molar-refractivity contribution in [2.75, 3.05) is 43.2 Å². The molecule has 25 heavy (non-hydrogen) atoms. The highest BCUT2D eigenvalue weighted by Crippen LogP contribution is 2.31. The van der Waals surface area contributed by atoms with Crippen LogP contribution in [0.15, 0.2) is 35.4 Å². The summed E-state index contributed by atoms with van der Waals surface area (Å²) in [7, 11) is 0. The van der Waals surface area contributed by atoms with Gasteiger partial charge in [0.2, 0.25) is 5.95 Å². The molecule has 1 saturated heterocycles. The van der Waals surface area contributed by atoms with Crippen molar-refractivity contribution >= 4 is 34.7 Å². The molecule has 0 unspecified atom stereocenters. The van der Waals surface area contributed by atoms with Gasteiger partial charge in [0, 0.05) is 23.5 Å². The van der Waals surface area contributed by atoms with Crippen LogP contribution in [-0.4, -0.2) is 52.5 Å². The minimum Gasteiger partial charge on any atom is -0.378 e. The molecular formula is C17H18N6OS. The Bertz CT molecular complexity index is 913. The fraction of sp³-hybridized carbons (Fsp3) is 0.294. The van der Waals surface area contributed by atoms with Crippen LogP contribution in [0, 0.1) is 0 Å². The molecule has 1 aliphatic heterocycles. The number of rotatable bonds is 3. The van der Waals surface area contributed by atoms with E-state index in [1.54, 1.807) is 18.0 Å². The molecule has 3 heterocycles. The van der Waals surface area contributed by atoms with E-state index >= 15 is 0 Å². The van der Waals surface area contributed by atoms with E-state index in [9.17, 15) is 0 Å². The first-order valence-electron chi connectivity index (χ1n) is 8.02. The summed E-state index contributed by atoms with van der Waals surface area (Å²) in [5, 5.41) is 0. The molecule has 1 aromatic carbocycles. The van der Waals surface area contributed by atoms with Gasteiger partial charge in [0.1, 0.15) is 0 Å². The summed E-state index contributed by atoms with van der Waals surface area (Å²) in [6.07, 6.45) is 3.79. The zero-order chi connectivity index (χ0) is 17.2. The third kappa shape index (κ3) is 3.10. The standard InChI is InChI=1S/C17H18N6OS/c1-25-13-5-3-2-4-11(13)12-10-19-15-14(20-12)16(22-17(18)21-15)23-6-8-24-9-7-23/h2-5,10H,6-9H2,1H3,(H2,18,19,21,22). The summed E-state index contributed by atoms with van der Waals surface area (Å²) in [5.74, 6) is 0.933. The summed E-state index contributed by atoms with van der Waals surface area (Å²) in [4.78, 5) is 21.3. The van der Waals surface area contributed by atoms with Crippen LogP contribution >= 0.6 is 11.8 Å². The summed E-state index contributed by atoms with van der Waals surface area (Å²) in [5.41, 5.74) is 8.92. The largest absolute Gasteiger partial charge is 0.378 e. The lowest BCUT2D eigenvalue weighted by Gasteiger charge is -2.28. The lowest BCUT2D eigenvalue weighted by Crippen LogP contribution is -2.37. The average molecular weight is 354 g/mol. The molecule has 0 aliphatic carbocycles. The van der Waals surface area contributed by atoms with Crippen molar-refractivity contribution in [1.82, 2.24) is 19.9 Å². The Morgan fingerprint density at radius 2 is 1.92 bits per heavy atom. The minimum atomic E-state index is 0.209. The van der Waals surface area contributed by atoms with Gasteiger partial charge >= 0.3 is 0 Å². The first kappa shape index (κ1) is 16.0. The van der Waals surface area contributed by atoms with Crippen molar-refractivity contribution in [2.24, 2.45) is 0 Å². The molecule has 0 radical (unpaired) electrons. The lowest BCUT2D eigenvalue weighted by atomic mass is 10.1. The Morgan fingerprint density at radius 1 is 1.12 bits per heavy atom. The van der Waals surface area contributed by atoms with E-state index in [0.29, 0.717) is 24.4 Å². The number of anilines is 2. The number of thioether (sulfide) groups is 1. The zero-order valence-corrected chi connectivity index (χ0v) is 14.7. The summed E-state index contributed by atoms with van der Waals surface area (Å²) < 4.78 is 5.43. The number of nitrogens with two attached hydrogens (primary N) is 1. The predicted octanol–water partition coefficient (Wildman–Crippen LogP) is 2.23. The number of nitrogens with zero attached hydrogens (tertiary/aromatic N) is 5. The first-order chi connectivity index (χ1) is 12.3. The molecule has 0 bridgehead atoms. The molecule has 2 aromatic heterocycles. The number of ether oxygens (including phenoxy) is 1. The molecule has 1 fully saturated rings. The quantitative estimate of drug-likeness (QED) is 0.716. The van der Waals surface area contributed by atoms with Crippen LogP contribution in [0.25, 0.3) is 22.4 Å². The monoisotopic (exact) mass is 354 g/mol. The molecule has 0 atom stereocenters. The summed E-state index contributed by atoms with van der Waals surface area (Å²) >= 11 is 1.68. The number of benzene rings is 1. The lowest BCUT2D eigenvalue weighted by molar-refractivity contribution is 0.122. The molecule has 4 rings (SSSR count). The average Bonchev–Trinajstić information content (AvgIpc) is 2.67. The van der Waals surface area contributed by atoms with Crippen molar-refractivity contribution in [3.8, 4) is 11.3 Å². The number of fused-ring (bicyclic) bond motifs is 1. The normalized spacial score (nSPS) is 14.8. The Balaban J connectivity index is 1.88. The van der Waals surface area contributed by atoms with Gasteiger partial charge < -0.3 is 15.4 Å². The van der Waals surface area contributed by atoms with Gasteiger partial charge in [0.25, 0.3) is 0 Å². The highest BCUT2D eigenvalue weighted by Gasteiger charge is 2.19. The van der Waals surface area contributed by atoms with Crippen molar-refractivity contribution in [3.05, 3.63) is 30.5 Å². The van der Waals surface area contributed by atoms with Gasteiger partial charge in [-0.05, 0) is 12.3 Å². The van der Waals surface area contributed by atoms with Crippen molar-refractivity contribution in [1.29, 1.82) is 0 Å². The van der Waals surface area contributed by atoms with E-state index in [0.717, 1.165) is 35.1 Å². The Kier molecular flexibility index (Phi) is 4.37. The molecule has 2 N–H and O–H groups in total.